The van der Waals surface area contributed by atoms with Gasteiger partial charge >= 0.3 is 0 Å². The number of carbonyl (C=O) groups is 1. The number of rotatable bonds is 2. The standard InChI is InChI=1S/C18H20N6O/c1-11-19-14-5-4-13(10-15(14)20-11)18(25)23-7-6-16-21-17(12-2-3-12)22-24(16)9-8-23/h4-5,10,12H,2-3,6-9H2,1H3,(H,19,20). The van der Waals surface area contributed by atoms with E-state index >= 15 is 0 Å². The SMILES string of the molecule is Cc1nc2ccc(C(=O)N3CCc4nc(C5CC5)nn4CC3)cc2[nH]1. The first kappa shape index (κ1) is 14.6. The lowest BCUT2D eigenvalue weighted by molar-refractivity contribution is 0.0758. The quantitative estimate of drug-likeness (QED) is 0.776. The summed E-state index contributed by atoms with van der Waals surface area (Å²) in [5.74, 6) is 3.49. The minimum absolute atomic E-state index is 0.0577. The Morgan fingerprint density at radius 2 is 2.08 bits per heavy atom. The normalized spacial score (nSPS) is 17.6. The van der Waals surface area contributed by atoms with Crippen molar-refractivity contribution in [2.75, 3.05) is 13.1 Å². The number of nitrogens with one attached hydrogen (secondary N) is 1. The van der Waals surface area contributed by atoms with Crippen molar-refractivity contribution < 1.29 is 4.79 Å². The van der Waals surface area contributed by atoms with Gasteiger partial charge in [0.1, 0.15) is 11.6 Å². The summed E-state index contributed by atoms with van der Waals surface area (Å²) in [5, 5.41) is 4.64. The monoisotopic (exact) mass is 336 g/mol. The zero-order chi connectivity index (χ0) is 17.0. The molecule has 7 heteroatoms. The van der Waals surface area contributed by atoms with E-state index < -0.39 is 0 Å². The summed E-state index contributed by atoms with van der Waals surface area (Å²) in [6.07, 6.45) is 3.18. The van der Waals surface area contributed by atoms with Crippen LogP contribution in [0, 0.1) is 6.92 Å². The number of hydrogen-bond donors (Lipinski definition) is 1. The lowest BCUT2D eigenvalue weighted by atomic mass is 10.1. The minimum Gasteiger partial charge on any atom is -0.342 e. The van der Waals surface area contributed by atoms with Crippen molar-refractivity contribution >= 4 is 16.9 Å². The van der Waals surface area contributed by atoms with Gasteiger partial charge in [-0.1, -0.05) is 0 Å². The molecule has 1 N–H and O–H groups in total. The number of benzene rings is 1. The van der Waals surface area contributed by atoms with Crippen LogP contribution in [0.4, 0.5) is 0 Å². The number of aryl methyl sites for hydroxylation is 1. The van der Waals surface area contributed by atoms with Crippen molar-refractivity contribution in [2.45, 2.75) is 38.6 Å². The highest BCUT2D eigenvalue weighted by molar-refractivity contribution is 5.97. The first-order chi connectivity index (χ1) is 12.2. The Labute approximate surface area is 145 Å². The summed E-state index contributed by atoms with van der Waals surface area (Å²) < 4.78 is 1.99. The molecule has 0 radical (unpaired) electrons. The molecule has 25 heavy (non-hydrogen) atoms. The van der Waals surface area contributed by atoms with Gasteiger partial charge in [0, 0.05) is 31.0 Å². The molecule has 3 aromatic rings. The summed E-state index contributed by atoms with van der Waals surface area (Å²) in [6, 6.07) is 5.65. The van der Waals surface area contributed by atoms with E-state index in [1.165, 1.54) is 12.8 Å². The molecule has 0 unspecified atom stereocenters. The van der Waals surface area contributed by atoms with Crippen LogP contribution in [-0.2, 0) is 13.0 Å². The van der Waals surface area contributed by atoms with E-state index in [0.717, 1.165) is 34.9 Å². The van der Waals surface area contributed by atoms with Crippen LogP contribution in [0.2, 0.25) is 0 Å². The average molecular weight is 336 g/mol. The number of aromatic nitrogens is 5. The van der Waals surface area contributed by atoms with E-state index in [2.05, 4.69) is 20.1 Å². The molecule has 1 amide bonds. The van der Waals surface area contributed by atoms with Crippen LogP contribution in [0.5, 0.6) is 0 Å². The number of aromatic amines is 1. The lowest BCUT2D eigenvalue weighted by Crippen LogP contribution is -2.33. The first-order valence-corrected chi connectivity index (χ1v) is 8.86. The van der Waals surface area contributed by atoms with Crippen LogP contribution in [0.15, 0.2) is 18.2 Å². The maximum absolute atomic E-state index is 12.9. The summed E-state index contributed by atoms with van der Waals surface area (Å²) in [6.45, 7) is 3.98. The van der Waals surface area contributed by atoms with Crippen molar-refractivity contribution in [3.05, 3.63) is 41.2 Å². The number of fused-ring (bicyclic) bond motifs is 2. The molecule has 1 aliphatic carbocycles. The van der Waals surface area contributed by atoms with Gasteiger partial charge in [-0.15, -0.1) is 0 Å². The third-order valence-corrected chi connectivity index (χ3v) is 5.03. The molecule has 2 aromatic heterocycles. The first-order valence-electron chi connectivity index (χ1n) is 8.86. The predicted octanol–water partition coefficient (Wildman–Crippen LogP) is 2.04. The van der Waals surface area contributed by atoms with Gasteiger partial charge in [0.2, 0.25) is 0 Å². The van der Waals surface area contributed by atoms with Gasteiger partial charge < -0.3 is 9.88 Å². The van der Waals surface area contributed by atoms with E-state index in [1.807, 2.05) is 34.7 Å². The molecule has 1 saturated carbocycles. The van der Waals surface area contributed by atoms with E-state index in [-0.39, 0.29) is 5.91 Å². The van der Waals surface area contributed by atoms with Gasteiger partial charge in [-0.25, -0.2) is 14.6 Å². The van der Waals surface area contributed by atoms with Crippen molar-refractivity contribution in [1.82, 2.24) is 29.6 Å². The molecule has 1 aliphatic heterocycles. The molecule has 1 fully saturated rings. The number of imidazole rings is 1. The van der Waals surface area contributed by atoms with Gasteiger partial charge in [0.15, 0.2) is 5.82 Å². The molecule has 0 spiro atoms. The second-order valence-electron chi connectivity index (χ2n) is 6.98. The molecular formula is C18H20N6O. The molecule has 5 rings (SSSR count). The topological polar surface area (TPSA) is 79.7 Å². The van der Waals surface area contributed by atoms with Gasteiger partial charge in [0.05, 0.1) is 17.6 Å². The van der Waals surface area contributed by atoms with E-state index in [1.54, 1.807) is 0 Å². The highest BCUT2D eigenvalue weighted by Crippen LogP contribution is 2.38. The molecule has 3 heterocycles. The Morgan fingerprint density at radius 3 is 2.92 bits per heavy atom. The maximum Gasteiger partial charge on any atom is 0.254 e. The zero-order valence-corrected chi connectivity index (χ0v) is 14.2. The Bertz CT molecular complexity index is 942. The van der Waals surface area contributed by atoms with Gasteiger partial charge in [0.25, 0.3) is 5.91 Å². The highest BCUT2D eigenvalue weighted by atomic mass is 16.2. The summed E-state index contributed by atoms with van der Waals surface area (Å²) in [4.78, 5) is 27.1. The second-order valence-corrected chi connectivity index (χ2v) is 6.98. The minimum atomic E-state index is 0.0577. The molecule has 0 saturated heterocycles. The summed E-state index contributed by atoms with van der Waals surface area (Å²) in [7, 11) is 0. The second kappa shape index (κ2) is 5.40. The molecule has 0 bridgehead atoms. The molecule has 1 aromatic carbocycles. The third kappa shape index (κ3) is 2.59. The van der Waals surface area contributed by atoms with Crippen molar-refractivity contribution in [1.29, 1.82) is 0 Å². The van der Waals surface area contributed by atoms with Crippen LogP contribution in [0.3, 0.4) is 0 Å². The number of amides is 1. The van der Waals surface area contributed by atoms with Crippen LogP contribution < -0.4 is 0 Å². The molecule has 7 nitrogen and oxygen atoms in total. The largest absolute Gasteiger partial charge is 0.342 e. The van der Waals surface area contributed by atoms with Crippen LogP contribution >= 0.6 is 0 Å². The third-order valence-electron chi connectivity index (χ3n) is 5.03. The van der Waals surface area contributed by atoms with E-state index in [0.29, 0.717) is 31.1 Å². The van der Waals surface area contributed by atoms with Gasteiger partial charge in [-0.2, -0.15) is 5.10 Å². The average Bonchev–Trinajstić information content (AvgIpc) is 3.32. The van der Waals surface area contributed by atoms with Gasteiger partial charge in [-0.3, -0.25) is 4.79 Å². The number of H-pyrrole nitrogens is 1. The Kier molecular flexibility index (Phi) is 3.16. The number of carbonyl (C=O) groups excluding carboxylic acids is 1. The Morgan fingerprint density at radius 1 is 1.20 bits per heavy atom. The number of hydrogen-bond acceptors (Lipinski definition) is 4. The fourth-order valence-corrected chi connectivity index (χ4v) is 3.49. The maximum atomic E-state index is 12.9. The highest BCUT2D eigenvalue weighted by Gasteiger charge is 2.30. The lowest BCUT2D eigenvalue weighted by Gasteiger charge is -2.20. The molecule has 2 aliphatic rings. The molecule has 128 valence electrons. The number of nitrogens with zero attached hydrogens (tertiary/aromatic N) is 5. The fourth-order valence-electron chi connectivity index (χ4n) is 3.49. The van der Waals surface area contributed by atoms with Crippen LogP contribution in [0.1, 0.15) is 46.6 Å². The van der Waals surface area contributed by atoms with Gasteiger partial charge in [-0.05, 0) is 38.0 Å². The smallest absolute Gasteiger partial charge is 0.254 e. The van der Waals surface area contributed by atoms with E-state index in [9.17, 15) is 4.79 Å². The van der Waals surface area contributed by atoms with Crippen LogP contribution in [0.25, 0.3) is 11.0 Å². The Balaban J connectivity index is 1.35. The molecule has 0 atom stereocenters. The van der Waals surface area contributed by atoms with Crippen LogP contribution in [-0.4, -0.2) is 48.6 Å². The summed E-state index contributed by atoms with van der Waals surface area (Å²) in [5.41, 5.74) is 2.49. The summed E-state index contributed by atoms with van der Waals surface area (Å²) >= 11 is 0. The molecular weight excluding hydrogens is 316 g/mol. The fraction of sp³-hybridized carbons (Fsp3) is 0.444. The van der Waals surface area contributed by atoms with Crippen molar-refractivity contribution in [3.8, 4) is 0 Å². The van der Waals surface area contributed by atoms with Crippen molar-refractivity contribution in [2.24, 2.45) is 0 Å². The van der Waals surface area contributed by atoms with Crippen molar-refractivity contribution in [3.63, 3.8) is 0 Å². The Hall–Kier alpha value is -2.70. The zero-order valence-electron chi connectivity index (χ0n) is 14.2. The van der Waals surface area contributed by atoms with E-state index in [4.69, 9.17) is 0 Å². The predicted molar refractivity (Wildman–Crippen MR) is 92.4 cm³/mol.